The van der Waals surface area contributed by atoms with Gasteiger partial charge in [-0.2, -0.15) is 5.10 Å². The molecule has 1 aromatic carbocycles. The van der Waals surface area contributed by atoms with Crippen LogP contribution in [0.2, 0.25) is 0 Å². The van der Waals surface area contributed by atoms with Crippen molar-refractivity contribution in [1.29, 1.82) is 0 Å². The minimum absolute atomic E-state index is 0.168. The number of H-pyrrole nitrogens is 1. The largest absolute Gasteiger partial charge is 0.331 e. The van der Waals surface area contributed by atoms with Gasteiger partial charge in [0.25, 0.3) is 5.91 Å². The number of benzene rings is 1. The zero-order valence-electron chi connectivity index (χ0n) is 12.5. The van der Waals surface area contributed by atoms with Crippen molar-refractivity contribution in [2.45, 2.75) is 31.3 Å². The molecule has 4 rings (SSSR count). The van der Waals surface area contributed by atoms with E-state index in [4.69, 9.17) is 0 Å². The van der Waals surface area contributed by atoms with Crippen LogP contribution in [0.1, 0.15) is 29.6 Å². The van der Waals surface area contributed by atoms with Gasteiger partial charge in [0.1, 0.15) is 0 Å². The lowest BCUT2D eigenvalue weighted by Gasteiger charge is -2.28. The molecule has 0 saturated carbocycles. The second-order valence-electron chi connectivity index (χ2n) is 6.16. The molecular weight excluding hydrogens is 276 g/mol. The summed E-state index contributed by atoms with van der Waals surface area (Å²) in [6.45, 7) is 1.93. The molecule has 2 N–H and O–H groups in total. The van der Waals surface area contributed by atoms with Gasteiger partial charge in [-0.15, -0.1) is 0 Å². The van der Waals surface area contributed by atoms with Gasteiger partial charge in [-0.3, -0.25) is 9.89 Å². The Kier molecular flexibility index (Phi) is 3.42. The molecule has 2 saturated heterocycles. The summed E-state index contributed by atoms with van der Waals surface area (Å²) in [4.78, 5) is 15.1. The number of carbonyl (C=O) groups excluding carboxylic acids is 1. The Hall–Kier alpha value is -2.14. The number of hydrogen-bond acceptors (Lipinski definition) is 3. The minimum Gasteiger partial charge on any atom is -0.331 e. The summed E-state index contributed by atoms with van der Waals surface area (Å²) in [6, 6.07) is 8.60. The third kappa shape index (κ3) is 2.31. The molecule has 2 aliphatic rings. The van der Waals surface area contributed by atoms with Crippen molar-refractivity contribution in [3.8, 4) is 11.1 Å². The van der Waals surface area contributed by atoms with Crippen LogP contribution < -0.4 is 5.32 Å². The summed E-state index contributed by atoms with van der Waals surface area (Å²) in [5.74, 6) is 0.168. The van der Waals surface area contributed by atoms with Crippen molar-refractivity contribution >= 4 is 5.91 Å². The van der Waals surface area contributed by atoms with Crippen molar-refractivity contribution < 1.29 is 4.79 Å². The number of aromatic nitrogens is 2. The number of aromatic amines is 1. The summed E-state index contributed by atoms with van der Waals surface area (Å²) in [5.41, 5.74) is 2.81. The maximum atomic E-state index is 13.0. The highest BCUT2D eigenvalue weighted by Gasteiger charge is 2.38. The Morgan fingerprint density at radius 1 is 1.18 bits per heavy atom. The molecule has 114 valence electrons. The van der Waals surface area contributed by atoms with Gasteiger partial charge >= 0.3 is 0 Å². The fraction of sp³-hybridized carbons (Fsp3) is 0.412. The number of rotatable bonds is 2. The number of carbonyl (C=O) groups is 1. The van der Waals surface area contributed by atoms with E-state index in [-0.39, 0.29) is 5.91 Å². The molecule has 5 nitrogen and oxygen atoms in total. The van der Waals surface area contributed by atoms with Crippen molar-refractivity contribution in [1.82, 2.24) is 20.4 Å². The highest BCUT2D eigenvalue weighted by molar-refractivity contribution is 5.96. The first-order chi connectivity index (χ1) is 10.8. The van der Waals surface area contributed by atoms with Gasteiger partial charge in [0.15, 0.2) is 0 Å². The van der Waals surface area contributed by atoms with E-state index in [1.54, 1.807) is 6.20 Å². The predicted molar refractivity (Wildman–Crippen MR) is 84.5 cm³/mol. The average molecular weight is 296 g/mol. The number of nitrogens with zero attached hydrogens (tertiary/aromatic N) is 2. The highest BCUT2D eigenvalue weighted by Crippen LogP contribution is 2.30. The van der Waals surface area contributed by atoms with Crippen LogP contribution in [0.15, 0.2) is 36.7 Å². The molecule has 1 amide bonds. The number of nitrogens with one attached hydrogen (secondary N) is 2. The van der Waals surface area contributed by atoms with Gasteiger partial charge < -0.3 is 10.2 Å². The maximum Gasteiger partial charge on any atom is 0.254 e. The molecule has 2 aromatic rings. The van der Waals surface area contributed by atoms with Crippen molar-refractivity contribution in [2.24, 2.45) is 0 Å². The van der Waals surface area contributed by atoms with E-state index < -0.39 is 0 Å². The number of amides is 1. The second kappa shape index (κ2) is 5.57. The fourth-order valence-corrected chi connectivity index (χ4v) is 3.70. The van der Waals surface area contributed by atoms with Crippen molar-refractivity contribution in [3.05, 3.63) is 42.2 Å². The summed E-state index contributed by atoms with van der Waals surface area (Å²) in [7, 11) is 0. The Morgan fingerprint density at radius 3 is 2.95 bits per heavy atom. The summed E-state index contributed by atoms with van der Waals surface area (Å²) < 4.78 is 0. The maximum absolute atomic E-state index is 13.0. The van der Waals surface area contributed by atoms with E-state index in [1.165, 1.54) is 0 Å². The van der Waals surface area contributed by atoms with Crippen LogP contribution in [0.3, 0.4) is 0 Å². The Balaban J connectivity index is 1.64. The zero-order valence-corrected chi connectivity index (χ0v) is 12.5. The molecule has 0 aliphatic carbocycles. The lowest BCUT2D eigenvalue weighted by Crippen LogP contribution is -2.42. The lowest BCUT2D eigenvalue weighted by molar-refractivity contribution is 0.0680. The van der Waals surface area contributed by atoms with E-state index in [0.29, 0.717) is 12.1 Å². The number of hydrogen-bond donors (Lipinski definition) is 2. The first kappa shape index (κ1) is 13.5. The van der Waals surface area contributed by atoms with Gasteiger partial charge in [-0.05, 0) is 43.5 Å². The van der Waals surface area contributed by atoms with E-state index >= 15 is 0 Å². The quantitative estimate of drug-likeness (QED) is 0.891. The summed E-state index contributed by atoms with van der Waals surface area (Å²) in [5, 5.41) is 10.2. The Bertz CT molecular complexity index is 653. The smallest absolute Gasteiger partial charge is 0.254 e. The molecule has 0 unspecified atom stereocenters. The molecule has 1 aromatic heterocycles. The molecule has 22 heavy (non-hydrogen) atoms. The van der Waals surface area contributed by atoms with Crippen molar-refractivity contribution in [2.75, 3.05) is 13.1 Å². The zero-order chi connectivity index (χ0) is 14.9. The van der Waals surface area contributed by atoms with Gasteiger partial charge in [0, 0.05) is 36.0 Å². The molecule has 0 radical (unpaired) electrons. The Labute approximate surface area is 129 Å². The van der Waals surface area contributed by atoms with Crippen LogP contribution in [-0.2, 0) is 0 Å². The van der Waals surface area contributed by atoms with Gasteiger partial charge in [0.2, 0.25) is 0 Å². The predicted octanol–water partition coefficient (Wildman–Crippen LogP) is 2.04. The van der Waals surface area contributed by atoms with Crippen molar-refractivity contribution in [3.63, 3.8) is 0 Å². The molecule has 2 fully saturated rings. The van der Waals surface area contributed by atoms with E-state index in [9.17, 15) is 4.79 Å². The third-order valence-corrected chi connectivity index (χ3v) is 4.83. The number of fused-ring (bicyclic) bond motifs is 2. The minimum atomic E-state index is 0.168. The van der Waals surface area contributed by atoms with Crippen LogP contribution in [0.4, 0.5) is 0 Å². The fourth-order valence-electron chi connectivity index (χ4n) is 3.70. The third-order valence-electron chi connectivity index (χ3n) is 4.83. The van der Waals surface area contributed by atoms with Crippen LogP contribution in [0, 0.1) is 0 Å². The molecule has 2 aliphatic heterocycles. The first-order valence-electron chi connectivity index (χ1n) is 7.95. The van der Waals surface area contributed by atoms with E-state index in [2.05, 4.69) is 20.4 Å². The van der Waals surface area contributed by atoms with E-state index in [1.807, 2.05) is 30.5 Å². The summed E-state index contributed by atoms with van der Waals surface area (Å²) in [6.07, 6.45) is 6.94. The molecule has 0 spiro atoms. The lowest BCUT2D eigenvalue weighted by atomic mass is 10.0. The normalized spacial score (nSPS) is 24.3. The Morgan fingerprint density at radius 2 is 2.09 bits per heavy atom. The van der Waals surface area contributed by atoms with Crippen LogP contribution >= 0.6 is 0 Å². The topological polar surface area (TPSA) is 61.0 Å². The monoisotopic (exact) mass is 296 g/mol. The van der Waals surface area contributed by atoms with Crippen LogP contribution in [0.25, 0.3) is 11.1 Å². The molecule has 3 heterocycles. The van der Waals surface area contributed by atoms with Gasteiger partial charge in [-0.1, -0.05) is 12.1 Å². The molecule has 5 heteroatoms. The SMILES string of the molecule is O=C(c1cccc(-c2cn[nH]c2)c1)N1[C@@H]2CCNC[C@H]1CC2. The average Bonchev–Trinajstić information content (AvgIpc) is 3.14. The van der Waals surface area contributed by atoms with Gasteiger partial charge in [0.05, 0.1) is 6.20 Å². The second-order valence-corrected chi connectivity index (χ2v) is 6.16. The summed E-state index contributed by atoms with van der Waals surface area (Å²) >= 11 is 0. The first-order valence-corrected chi connectivity index (χ1v) is 7.95. The molecular formula is C17H20N4O. The van der Waals surface area contributed by atoms with Crippen LogP contribution in [0.5, 0.6) is 0 Å². The van der Waals surface area contributed by atoms with Gasteiger partial charge in [-0.25, -0.2) is 0 Å². The van der Waals surface area contributed by atoms with E-state index in [0.717, 1.165) is 49.0 Å². The van der Waals surface area contributed by atoms with Crippen LogP contribution in [-0.4, -0.2) is 46.2 Å². The molecule has 2 bridgehead atoms. The molecule has 2 atom stereocenters. The standard InChI is InChI=1S/C17H20N4O/c22-17(21-15-4-5-16(21)11-18-7-6-15)13-3-1-2-12(8-13)14-9-19-20-10-14/h1-3,8-10,15-16,18H,4-7,11H2,(H,19,20)/t15-,16+/m0/s1. The highest BCUT2D eigenvalue weighted by atomic mass is 16.2.